The zero-order valence-electron chi connectivity index (χ0n) is 20.7. The van der Waals surface area contributed by atoms with E-state index in [1.807, 2.05) is 44.2 Å². The van der Waals surface area contributed by atoms with Gasteiger partial charge in [0, 0.05) is 16.9 Å². The van der Waals surface area contributed by atoms with Gasteiger partial charge in [0.15, 0.2) is 0 Å². The number of amides is 4. The maximum Gasteiger partial charge on any atom is 0.257 e. The van der Waals surface area contributed by atoms with Gasteiger partial charge in [-0.05, 0) is 75.2 Å². The molecule has 0 unspecified atom stereocenters. The number of carbonyl (C=O) groups excluding carboxylic acids is 4. The number of rotatable bonds is 5. The van der Waals surface area contributed by atoms with E-state index in [0.717, 1.165) is 11.1 Å². The van der Waals surface area contributed by atoms with Gasteiger partial charge in [-0.3, -0.25) is 19.2 Å². The standard InChI is InChI=1S/C30H27N3O4/c1-18-7-12-21(13-8-18)31-27(34)20-10-14-22(15-11-20)32-28(35)24-5-3-4-6-26(24)33-29(36)23-16-9-19(2)17-25(23)30(33)37/h3-15,23,25H,16-17H2,1-2H3,(H,31,34)(H,32,35)/t23-,25-/m0/s1. The first-order chi connectivity index (χ1) is 17.8. The number of nitrogens with one attached hydrogen (secondary N) is 2. The average Bonchev–Trinajstić information content (AvgIpc) is 3.14. The molecule has 4 amide bonds. The van der Waals surface area contributed by atoms with Crippen LogP contribution >= 0.6 is 0 Å². The Morgan fingerprint density at radius 3 is 2.05 bits per heavy atom. The number of carbonyl (C=O) groups is 4. The Kier molecular flexibility index (Phi) is 6.44. The minimum Gasteiger partial charge on any atom is -0.322 e. The number of allylic oxidation sites excluding steroid dienone is 2. The van der Waals surface area contributed by atoms with E-state index in [1.165, 1.54) is 4.90 Å². The van der Waals surface area contributed by atoms with Gasteiger partial charge in [0.2, 0.25) is 11.8 Å². The SMILES string of the molecule is CC1=CC[C@@H]2C(=O)N(c3ccccc3C(=O)Nc3ccc(C(=O)Nc4ccc(C)cc4)cc3)C(=O)[C@H]2C1. The summed E-state index contributed by atoms with van der Waals surface area (Å²) in [5.74, 6) is -1.99. The lowest BCUT2D eigenvalue weighted by Gasteiger charge is -2.19. The number of benzene rings is 3. The third-order valence-corrected chi connectivity index (χ3v) is 6.93. The molecule has 0 saturated carbocycles. The molecule has 37 heavy (non-hydrogen) atoms. The van der Waals surface area contributed by atoms with Gasteiger partial charge in [-0.25, -0.2) is 4.90 Å². The van der Waals surface area contributed by atoms with E-state index >= 15 is 0 Å². The van der Waals surface area contributed by atoms with Crippen molar-refractivity contribution < 1.29 is 19.2 Å². The molecule has 186 valence electrons. The average molecular weight is 494 g/mol. The second-order valence-electron chi connectivity index (χ2n) is 9.58. The van der Waals surface area contributed by atoms with Crippen LogP contribution in [0.1, 0.15) is 46.0 Å². The highest BCUT2D eigenvalue weighted by Gasteiger charge is 2.49. The highest BCUT2D eigenvalue weighted by Crippen LogP contribution is 2.40. The third kappa shape index (κ3) is 4.80. The molecule has 1 fully saturated rings. The lowest BCUT2D eigenvalue weighted by atomic mass is 9.82. The maximum atomic E-state index is 13.2. The van der Waals surface area contributed by atoms with Crippen molar-refractivity contribution in [1.29, 1.82) is 0 Å². The van der Waals surface area contributed by atoms with Gasteiger partial charge in [0.05, 0.1) is 23.1 Å². The van der Waals surface area contributed by atoms with E-state index in [-0.39, 0.29) is 40.8 Å². The maximum absolute atomic E-state index is 13.2. The Balaban J connectivity index is 1.31. The summed E-state index contributed by atoms with van der Waals surface area (Å²) in [5, 5.41) is 5.66. The van der Waals surface area contributed by atoms with Gasteiger partial charge in [-0.2, -0.15) is 0 Å². The fourth-order valence-electron chi connectivity index (χ4n) is 4.88. The van der Waals surface area contributed by atoms with Crippen LogP contribution in [0, 0.1) is 18.8 Å². The summed E-state index contributed by atoms with van der Waals surface area (Å²) in [4.78, 5) is 53.3. The highest BCUT2D eigenvalue weighted by atomic mass is 16.2. The topological polar surface area (TPSA) is 95.6 Å². The van der Waals surface area contributed by atoms with Gasteiger partial charge in [0.25, 0.3) is 11.8 Å². The van der Waals surface area contributed by atoms with Gasteiger partial charge in [-0.15, -0.1) is 0 Å². The molecule has 1 aliphatic carbocycles. The zero-order valence-corrected chi connectivity index (χ0v) is 20.7. The molecule has 0 radical (unpaired) electrons. The molecule has 1 saturated heterocycles. The van der Waals surface area contributed by atoms with Crippen LogP contribution in [0.3, 0.4) is 0 Å². The molecule has 0 spiro atoms. The van der Waals surface area contributed by atoms with Gasteiger partial charge < -0.3 is 10.6 Å². The first-order valence-electron chi connectivity index (χ1n) is 12.2. The fraction of sp³-hybridized carbons (Fsp3) is 0.200. The monoisotopic (exact) mass is 493 g/mol. The molecular weight excluding hydrogens is 466 g/mol. The van der Waals surface area contributed by atoms with Gasteiger partial charge >= 0.3 is 0 Å². The van der Waals surface area contributed by atoms with E-state index in [4.69, 9.17) is 0 Å². The van der Waals surface area contributed by atoms with Crippen molar-refractivity contribution >= 4 is 40.7 Å². The van der Waals surface area contributed by atoms with Gasteiger partial charge in [0.1, 0.15) is 0 Å². The number of anilines is 3. The lowest BCUT2D eigenvalue weighted by molar-refractivity contribution is -0.122. The van der Waals surface area contributed by atoms with E-state index in [0.29, 0.717) is 29.8 Å². The van der Waals surface area contributed by atoms with E-state index in [2.05, 4.69) is 10.6 Å². The third-order valence-electron chi connectivity index (χ3n) is 6.93. The number of aryl methyl sites for hydroxylation is 1. The van der Waals surface area contributed by atoms with Crippen molar-refractivity contribution in [3.8, 4) is 0 Å². The van der Waals surface area contributed by atoms with Crippen molar-refractivity contribution in [2.24, 2.45) is 11.8 Å². The summed E-state index contributed by atoms with van der Waals surface area (Å²) in [5.41, 5.74) is 4.35. The normalized spacial score (nSPS) is 18.8. The number of imide groups is 1. The molecule has 5 rings (SSSR count). The number of hydrogen-bond donors (Lipinski definition) is 2. The van der Waals surface area contributed by atoms with Crippen LogP contribution in [0.25, 0.3) is 0 Å². The quantitative estimate of drug-likeness (QED) is 0.370. The molecule has 7 nitrogen and oxygen atoms in total. The number of fused-ring (bicyclic) bond motifs is 1. The van der Waals surface area contributed by atoms with Crippen molar-refractivity contribution in [1.82, 2.24) is 0 Å². The number of hydrogen-bond acceptors (Lipinski definition) is 4. The van der Waals surface area contributed by atoms with Crippen LogP contribution in [0.4, 0.5) is 17.1 Å². The Hall–Kier alpha value is -4.52. The van der Waals surface area contributed by atoms with Gasteiger partial charge in [-0.1, -0.05) is 41.5 Å². The van der Waals surface area contributed by atoms with Crippen LogP contribution in [0.2, 0.25) is 0 Å². The van der Waals surface area contributed by atoms with Crippen molar-refractivity contribution in [3.63, 3.8) is 0 Å². The van der Waals surface area contributed by atoms with Crippen LogP contribution in [0.5, 0.6) is 0 Å². The molecule has 1 aliphatic heterocycles. The smallest absolute Gasteiger partial charge is 0.257 e. The van der Waals surface area contributed by atoms with Crippen LogP contribution in [-0.4, -0.2) is 23.6 Å². The molecular formula is C30H27N3O4. The summed E-state index contributed by atoms with van der Waals surface area (Å²) in [7, 11) is 0. The predicted octanol–water partition coefficient (Wildman–Crippen LogP) is 5.35. The Morgan fingerprint density at radius 1 is 0.757 bits per heavy atom. The summed E-state index contributed by atoms with van der Waals surface area (Å²) in [6.07, 6.45) is 3.11. The number of nitrogens with zero attached hydrogens (tertiary/aromatic N) is 1. The number of para-hydroxylation sites is 1. The fourth-order valence-corrected chi connectivity index (χ4v) is 4.88. The minimum atomic E-state index is -0.447. The van der Waals surface area contributed by atoms with E-state index in [1.54, 1.807) is 48.5 Å². The molecule has 0 aromatic heterocycles. The summed E-state index contributed by atoms with van der Waals surface area (Å²) in [6, 6.07) is 20.7. The van der Waals surface area contributed by atoms with Crippen LogP contribution in [-0.2, 0) is 9.59 Å². The first kappa shape index (κ1) is 24.2. The minimum absolute atomic E-state index is 0.230. The van der Waals surface area contributed by atoms with E-state index < -0.39 is 5.91 Å². The van der Waals surface area contributed by atoms with E-state index in [9.17, 15) is 19.2 Å². The molecule has 7 heteroatoms. The molecule has 1 heterocycles. The van der Waals surface area contributed by atoms with Crippen molar-refractivity contribution in [2.45, 2.75) is 26.7 Å². The van der Waals surface area contributed by atoms with Crippen LogP contribution in [0.15, 0.2) is 84.4 Å². The summed E-state index contributed by atoms with van der Waals surface area (Å²) >= 11 is 0. The zero-order chi connectivity index (χ0) is 26.1. The summed E-state index contributed by atoms with van der Waals surface area (Å²) < 4.78 is 0. The molecule has 3 aromatic carbocycles. The predicted molar refractivity (Wildman–Crippen MR) is 142 cm³/mol. The second-order valence-corrected chi connectivity index (χ2v) is 9.58. The second kappa shape index (κ2) is 9.85. The van der Waals surface area contributed by atoms with Crippen LogP contribution < -0.4 is 15.5 Å². The van der Waals surface area contributed by atoms with Crippen molar-refractivity contribution in [3.05, 3.63) is 101 Å². The lowest BCUT2D eigenvalue weighted by Crippen LogP contribution is -2.33. The highest BCUT2D eigenvalue weighted by molar-refractivity contribution is 6.25. The largest absolute Gasteiger partial charge is 0.322 e. The first-order valence-corrected chi connectivity index (χ1v) is 12.2. The molecule has 2 N–H and O–H groups in total. The summed E-state index contributed by atoms with van der Waals surface area (Å²) in [6.45, 7) is 3.94. The molecule has 2 aliphatic rings. The Labute approximate surface area is 215 Å². The molecule has 3 aromatic rings. The Morgan fingerprint density at radius 2 is 1.35 bits per heavy atom. The Bertz CT molecular complexity index is 1420. The molecule has 0 bridgehead atoms. The molecule has 2 atom stereocenters. The van der Waals surface area contributed by atoms with Crippen molar-refractivity contribution in [2.75, 3.05) is 15.5 Å².